The molecule has 1 fully saturated rings. The summed E-state index contributed by atoms with van der Waals surface area (Å²) in [5.41, 5.74) is 1.15. The largest absolute Gasteiger partial charge is 0.497 e. The van der Waals surface area contributed by atoms with Crippen LogP contribution >= 0.6 is 0 Å². The minimum Gasteiger partial charge on any atom is -0.497 e. The lowest BCUT2D eigenvalue weighted by Gasteiger charge is -2.42. The van der Waals surface area contributed by atoms with Crippen molar-refractivity contribution < 1.29 is 14.2 Å². The van der Waals surface area contributed by atoms with E-state index >= 15 is 0 Å². The van der Waals surface area contributed by atoms with E-state index in [1.165, 1.54) is 5.56 Å². The van der Waals surface area contributed by atoms with Crippen molar-refractivity contribution in [1.82, 2.24) is 5.32 Å². The van der Waals surface area contributed by atoms with Crippen molar-refractivity contribution in [1.29, 1.82) is 0 Å². The highest BCUT2D eigenvalue weighted by molar-refractivity contribution is 5.44. The molecule has 0 bridgehead atoms. The summed E-state index contributed by atoms with van der Waals surface area (Å²) >= 11 is 0. The van der Waals surface area contributed by atoms with Crippen LogP contribution in [0.25, 0.3) is 0 Å². The van der Waals surface area contributed by atoms with Gasteiger partial charge >= 0.3 is 0 Å². The second kappa shape index (κ2) is 6.24. The van der Waals surface area contributed by atoms with Gasteiger partial charge in [0, 0.05) is 37.1 Å². The van der Waals surface area contributed by atoms with Crippen LogP contribution in [0.4, 0.5) is 0 Å². The Bertz CT molecular complexity index is 481. The highest BCUT2D eigenvalue weighted by atomic mass is 16.5. The summed E-state index contributed by atoms with van der Waals surface area (Å²) in [5, 5.41) is 3.61. The maximum Gasteiger partial charge on any atom is 0.128 e. The van der Waals surface area contributed by atoms with Gasteiger partial charge in [0.25, 0.3) is 0 Å². The molecule has 0 radical (unpaired) electrons. The molecule has 116 valence electrons. The number of hydrogen-bond donors (Lipinski definition) is 1. The van der Waals surface area contributed by atoms with Crippen molar-refractivity contribution in [3.63, 3.8) is 0 Å². The summed E-state index contributed by atoms with van der Waals surface area (Å²) in [4.78, 5) is 0. The standard InChI is InChI=1S/C17H25NO3/c1-3-18-15-12-17(7-4-9-20-10-8-17)21-16-11-13(19-2)5-6-14(15)16/h5-6,11,15,18H,3-4,7-10,12H2,1-2H3. The van der Waals surface area contributed by atoms with Crippen LogP contribution in [0.3, 0.4) is 0 Å². The Balaban J connectivity index is 1.93. The molecular formula is C17H25NO3. The van der Waals surface area contributed by atoms with E-state index in [1.807, 2.05) is 12.1 Å². The van der Waals surface area contributed by atoms with E-state index < -0.39 is 0 Å². The lowest BCUT2D eigenvalue weighted by molar-refractivity contribution is 0.0108. The molecule has 3 rings (SSSR count). The molecule has 0 aromatic heterocycles. The van der Waals surface area contributed by atoms with E-state index in [2.05, 4.69) is 18.3 Å². The second-order valence-corrected chi connectivity index (χ2v) is 5.97. The molecule has 2 aliphatic rings. The van der Waals surface area contributed by atoms with Gasteiger partial charge in [-0.3, -0.25) is 0 Å². The molecule has 1 aromatic carbocycles. The van der Waals surface area contributed by atoms with Crippen molar-refractivity contribution in [3.8, 4) is 11.5 Å². The number of methoxy groups -OCH3 is 1. The average molecular weight is 291 g/mol. The third-order valence-corrected chi connectivity index (χ3v) is 4.57. The lowest BCUT2D eigenvalue weighted by Crippen LogP contribution is -2.44. The monoisotopic (exact) mass is 291 g/mol. The number of fused-ring (bicyclic) bond motifs is 1. The van der Waals surface area contributed by atoms with Gasteiger partial charge in [0.2, 0.25) is 0 Å². The fourth-order valence-corrected chi connectivity index (χ4v) is 3.49. The van der Waals surface area contributed by atoms with Gasteiger partial charge in [0.1, 0.15) is 17.1 Å². The summed E-state index contributed by atoms with van der Waals surface area (Å²) in [7, 11) is 1.70. The van der Waals surface area contributed by atoms with Crippen molar-refractivity contribution in [2.24, 2.45) is 0 Å². The lowest BCUT2D eigenvalue weighted by atomic mass is 9.82. The summed E-state index contributed by atoms with van der Waals surface area (Å²) < 4.78 is 17.4. The van der Waals surface area contributed by atoms with Crippen LogP contribution in [0.2, 0.25) is 0 Å². The van der Waals surface area contributed by atoms with Gasteiger partial charge in [-0.2, -0.15) is 0 Å². The predicted octanol–water partition coefficient (Wildman–Crippen LogP) is 3.07. The van der Waals surface area contributed by atoms with Crippen molar-refractivity contribution in [3.05, 3.63) is 23.8 Å². The van der Waals surface area contributed by atoms with E-state index in [0.717, 1.165) is 56.9 Å². The van der Waals surface area contributed by atoms with Gasteiger partial charge < -0.3 is 19.5 Å². The van der Waals surface area contributed by atoms with Crippen LogP contribution in [0, 0.1) is 0 Å². The number of ether oxygens (including phenoxy) is 3. The Labute approximate surface area is 126 Å². The maximum absolute atomic E-state index is 6.46. The SMILES string of the molecule is CCNC1CC2(CCCOCC2)Oc2cc(OC)ccc21. The van der Waals surface area contributed by atoms with E-state index in [9.17, 15) is 0 Å². The van der Waals surface area contributed by atoms with Crippen LogP contribution < -0.4 is 14.8 Å². The Morgan fingerprint density at radius 1 is 1.33 bits per heavy atom. The van der Waals surface area contributed by atoms with Crippen LogP contribution in [0.15, 0.2) is 18.2 Å². The highest BCUT2D eigenvalue weighted by Crippen LogP contribution is 2.45. The Morgan fingerprint density at radius 2 is 2.24 bits per heavy atom. The van der Waals surface area contributed by atoms with Crippen LogP contribution in [0.5, 0.6) is 11.5 Å². The fraction of sp³-hybridized carbons (Fsp3) is 0.647. The first-order valence-electron chi connectivity index (χ1n) is 7.94. The van der Waals surface area contributed by atoms with Crippen molar-refractivity contribution >= 4 is 0 Å². The molecule has 2 aliphatic heterocycles. The Morgan fingerprint density at radius 3 is 3.05 bits per heavy atom. The first-order valence-corrected chi connectivity index (χ1v) is 7.94. The van der Waals surface area contributed by atoms with E-state index in [1.54, 1.807) is 7.11 Å². The number of rotatable bonds is 3. The molecule has 1 N–H and O–H groups in total. The van der Waals surface area contributed by atoms with Gasteiger partial charge in [0.15, 0.2) is 0 Å². The molecule has 4 nitrogen and oxygen atoms in total. The van der Waals surface area contributed by atoms with Crippen molar-refractivity contribution in [2.45, 2.75) is 44.2 Å². The molecule has 21 heavy (non-hydrogen) atoms. The van der Waals surface area contributed by atoms with Crippen molar-refractivity contribution in [2.75, 3.05) is 26.9 Å². The minimum atomic E-state index is -0.0945. The molecule has 1 aromatic rings. The van der Waals surface area contributed by atoms with Crippen LogP contribution in [-0.2, 0) is 4.74 Å². The number of nitrogens with one attached hydrogen (secondary N) is 1. The van der Waals surface area contributed by atoms with Crippen LogP contribution in [-0.4, -0.2) is 32.5 Å². The normalized spacial score (nSPS) is 28.6. The predicted molar refractivity (Wildman–Crippen MR) is 82.1 cm³/mol. The number of hydrogen-bond acceptors (Lipinski definition) is 4. The summed E-state index contributed by atoms with van der Waals surface area (Å²) in [6, 6.07) is 6.51. The van der Waals surface area contributed by atoms with Gasteiger partial charge in [-0.25, -0.2) is 0 Å². The second-order valence-electron chi connectivity index (χ2n) is 5.97. The molecule has 2 heterocycles. The van der Waals surface area contributed by atoms with E-state index in [4.69, 9.17) is 14.2 Å². The zero-order valence-corrected chi connectivity index (χ0v) is 13.0. The minimum absolute atomic E-state index is 0.0945. The molecule has 2 unspecified atom stereocenters. The van der Waals surface area contributed by atoms with Crippen LogP contribution in [0.1, 0.15) is 44.2 Å². The molecule has 0 aliphatic carbocycles. The summed E-state index contributed by atoms with van der Waals surface area (Å²) in [6.07, 6.45) is 4.11. The molecular weight excluding hydrogens is 266 g/mol. The van der Waals surface area contributed by atoms with E-state index in [-0.39, 0.29) is 5.60 Å². The maximum atomic E-state index is 6.46. The average Bonchev–Trinajstić information content (AvgIpc) is 2.72. The third-order valence-electron chi connectivity index (χ3n) is 4.57. The van der Waals surface area contributed by atoms with E-state index in [0.29, 0.717) is 6.04 Å². The molecule has 0 amide bonds. The fourth-order valence-electron chi connectivity index (χ4n) is 3.49. The van der Waals surface area contributed by atoms with Gasteiger partial charge in [-0.15, -0.1) is 0 Å². The highest BCUT2D eigenvalue weighted by Gasteiger charge is 2.41. The van der Waals surface area contributed by atoms with Gasteiger partial charge in [-0.1, -0.05) is 13.0 Å². The Kier molecular flexibility index (Phi) is 4.36. The quantitative estimate of drug-likeness (QED) is 0.929. The van der Waals surface area contributed by atoms with Gasteiger partial charge in [-0.05, 0) is 25.5 Å². The van der Waals surface area contributed by atoms with Gasteiger partial charge in [0.05, 0.1) is 13.7 Å². The molecule has 1 saturated heterocycles. The Hall–Kier alpha value is -1.26. The first-order chi connectivity index (χ1) is 10.3. The number of benzene rings is 1. The summed E-state index contributed by atoms with van der Waals surface area (Å²) in [5.74, 6) is 1.82. The molecule has 1 spiro atoms. The molecule has 2 atom stereocenters. The zero-order chi connectivity index (χ0) is 14.7. The molecule has 4 heteroatoms. The topological polar surface area (TPSA) is 39.7 Å². The first kappa shape index (κ1) is 14.7. The molecule has 0 saturated carbocycles. The third kappa shape index (κ3) is 3.01. The zero-order valence-electron chi connectivity index (χ0n) is 13.0. The smallest absolute Gasteiger partial charge is 0.128 e. The summed E-state index contributed by atoms with van der Waals surface area (Å²) in [6.45, 7) is 4.75.